The van der Waals surface area contributed by atoms with E-state index in [0.29, 0.717) is 41.4 Å². The molecular weight excluding hydrogens is 416 g/mol. The summed E-state index contributed by atoms with van der Waals surface area (Å²) in [6.45, 7) is 3.70. The van der Waals surface area contributed by atoms with Gasteiger partial charge in [0.2, 0.25) is 0 Å². The Labute approximate surface area is 184 Å². The van der Waals surface area contributed by atoms with Crippen LogP contribution in [0.4, 0.5) is 0 Å². The number of ether oxygens (including phenoxy) is 3. The lowest BCUT2D eigenvalue weighted by Crippen LogP contribution is -2.19. The highest BCUT2D eigenvalue weighted by molar-refractivity contribution is 7.16. The van der Waals surface area contributed by atoms with Crippen molar-refractivity contribution in [3.63, 3.8) is 0 Å². The largest absolute Gasteiger partial charge is 0.494 e. The van der Waals surface area contributed by atoms with Crippen molar-refractivity contribution in [2.24, 2.45) is 4.99 Å². The summed E-state index contributed by atoms with van der Waals surface area (Å²) in [5, 5.41) is 0. The van der Waals surface area contributed by atoms with E-state index in [1.807, 2.05) is 16.7 Å². The number of carbonyl (C=O) groups is 2. The topological polar surface area (TPSA) is 79.1 Å². The van der Waals surface area contributed by atoms with Crippen molar-refractivity contribution >= 4 is 33.4 Å². The highest BCUT2D eigenvalue weighted by Gasteiger charge is 2.13. The molecule has 0 aliphatic heterocycles. The second-order valence-corrected chi connectivity index (χ2v) is 7.86. The Kier molecular flexibility index (Phi) is 7.97. The summed E-state index contributed by atoms with van der Waals surface area (Å²) in [4.78, 5) is 29.7. The molecule has 0 spiro atoms. The van der Waals surface area contributed by atoms with E-state index in [0.717, 1.165) is 23.1 Å². The molecule has 0 aliphatic rings. The quantitative estimate of drug-likeness (QED) is 0.369. The number of thiazole rings is 1. The first-order chi connectivity index (χ1) is 15.1. The number of hydrogen-bond donors (Lipinski definition) is 0. The van der Waals surface area contributed by atoms with Crippen LogP contribution in [0.5, 0.6) is 5.75 Å². The number of carbonyl (C=O) groups excluding carboxylic acids is 2. The molecule has 2 aromatic carbocycles. The predicted octanol–water partition coefficient (Wildman–Crippen LogP) is 4.06. The zero-order valence-electron chi connectivity index (χ0n) is 17.9. The third-order valence-electron chi connectivity index (χ3n) is 4.67. The van der Waals surface area contributed by atoms with Gasteiger partial charge in [-0.3, -0.25) is 4.79 Å². The van der Waals surface area contributed by atoms with E-state index in [9.17, 15) is 9.59 Å². The minimum Gasteiger partial charge on any atom is -0.494 e. The van der Waals surface area contributed by atoms with E-state index < -0.39 is 5.97 Å². The predicted molar refractivity (Wildman–Crippen MR) is 120 cm³/mol. The maximum atomic E-state index is 12.9. The minimum atomic E-state index is -0.409. The molecule has 0 saturated heterocycles. The zero-order chi connectivity index (χ0) is 22.2. The molecule has 1 aromatic heterocycles. The minimum absolute atomic E-state index is 0.355. The van der Waals surface area contributed by atoms with E-state index >= 15 is 0 Å². The number of hydrogen-bond acceptors (Lipinski definition) is 6. The van der Waals surface area contributed by atoms with Crippen molar-refractivity contribution in [1.82, 2.24) is 4.57 Å². The third kappa shape index (κ3) is 5.59. The summed E-state index contributed by atoms with van der Waals surface area (Å²) in [5.74, 6) is -0.110. The Morgan fingerprint density at radius 1 is 1.06 bits per heavy atom. The van der Waals surface area contributed by atoms with Crippen LogP contribution in [0.15, 0.2) is 47.5 Å². The first-order valence-electron chi connectivity index (χ1n) is 10.1. The van der Waals surface area contributed by atoms with Gasteiger partial charge in [0.25, 0.3) is 5.91 Å². The Hall–Kier alpha value is -2.97. The Balaban J connectivity index is 1.98. The summed E-state index contributed by atoms with van der Waals surface area (Å²) in [5.41, 5.74) is 1.78. The second-order valence-electron chi connectivity index (χ2n) is 6.85. The van der Waals surface area contributed by atoms with Gasteiger partial charge in [-0.05, 0) is 42.8 Å². The standard InChI is InChI=1S/C23H26N2O5S/c1-4-5-12-30-18-8-6-7-16(14-18)21(26)24-23-25(11-13-28-2)19-10-9-17(22(27)29-3)15-20(19)31-23/h6-10,14-15H,4-5,11-13H2,1-3H3. The number of unbranched alkanes of at least 4 members (excludes halogenated alkanes) is 1. The van der Waals surface area contributed by atoms with Crippen LogP contribution in [0.2, 0.25) is 0 Å². The van der Waals surface area contributed by atoms with Crippen molar-refractivity contribution in [3.8, 4) is 5.75 Å². The Morgan fingerprint density at radius 3 is 2.65 bits per heavy atom. The molecule has 0 fully saturated rings. The molecule has 0 saturated carbocycles. The number of benzene rings is 2. The van der Waals surface area contributed by atoms with E-state index in [-0.39, 0.29) is 5.91 Å². The van der Waals surface area contributed by atoms with Gasteiger partial charge in [0, 0.05) is 19.2 Å². The molecule has 3 rings (SSSR count). The van der Waals surface area contributed by atoms with E-state index in [2.05, 4.69) is 11.9 Å². The fourth-order valence-electron chi connectivity index (χ4n) is 3.01. The van der Waals surface area contributed by atoms with Crippen LogP contribution in [0.1, 0.15) is 40.5 Å². The molecule has 31 heavy (non-hydrogen) atoms. The Bertz CT molecular complexity index is 1130. The van der Waals surface area contributed by atoms with E-state index in [1.54, 1.807) is 37.4 Å². The average Bonchev–Trinajstić information content (AvgIpc) is 3.13. The van der Waals surface area contributed by atoms with Crippen LogP contribution in [-0.2, 0) is 16.0 Å². The lowest BCUT2D eigenvalue weighted by atomic mass is 10.2. The highest BCUT2D eigenvalue weighted by Crippen LogP contribution is 2.20. The first-order valence-corrected chi connectivity index (χ1v) is 10.9. The number of amides is 1. The molecule has 0 atom stereocenters. The molecular formula is C23H26N2O5S. The number of rotatable bonds is 9. The molecule has 3 aromatic rings. The van der Waals surface area contributed by atoms with Crippen LogP contribution < -0.4 is 9.54 Å². The Morgan fingerprint density at radius 2 is 1.90 bits per heavy atom. The summed E-state index contributed by atoms with van der Waals surface area (Å²) >= 11 is 1.34. The van der Waals surface area contributed by atoms with Gasteiger partial charge in [0.15, 0.2) is 4.80 Å². The van der Waals surface area contributed by atoms with E-state index in [4.69, 9.17) is 14.2 Å². The molecule has 164 valence electrons. The van der Waals surface area contributed by atoms with Crippen molar-refractivity contribution in [2.45, 2.75) is 26.3 Å². The van der Waals surface area contributed by atoms with Gasteiger partial charge >= 0.3 is 5.97 Å². The SMILES string of the molecule is CCCCOc1cccc(C(=O)N=c2sc3cc(C(=O)OC)ccc3n2CCOC)c1. The van der Waals surface area contributed by atoms with Crippen molar-refractivity contribution < 1.29 is 23.8 Å². The van der Waals surface area contributed by atoms with Gasteiger partial charge in [0.1, 0.15) is 5.75 Å². The lowest BCUT2D eigenvalue weighted by Gasteiger charge is -2.06. The van der Waals surface area contributed by atoms with Crippen molar-refractivity contribution in [1.29, 1.82) is 0 Å². The fourth-order valence-corrected chi connectivity index (χ4v) is 4.10. The number of methoxy groups -OCH3 is 2. The highest BCUT2D eigenvalue weighted by atomic mass is 32.1. The number of aromatic nitrogens is 1. The normalized spacial score (nSPS) is 11.6. The molecule has 0 aliphatic carbocycles. The molecule has 7 nitrogen and oxygen atoms in total. The van der Waals surface area contributed by atoms with E-state index in [1.165, 1.54) is 18.4 Å². The van der Waals surface area contributed by atoms with Crippen molar-refractivity contribution in [3.05, 3.63) is 58.4 Å². The van der Waals surface area contributed by atoms with Gasteiger partial charge in [-0.25, -0.2) is 4.79 Å². The molecule has 0 bridgehead atoms. The molecule has 8 heteroatoms. The maximum Gasteiger partial charge on any atom is 0.337 e. The van der Waals surface area contributed by atoms with Gasteiger partial charge < -0.3 is 18.8 Å². The van der Waals surface area contributed by atoms with Crippen LogP contribution in [0, 0.1) is 0 Å². The molecule has 0 unspecified atom stereocenters. The number of fused-ring (bicyclic) bond motifs is 1. The lowest BCUT2D eigenvalue weighted by molar-refractivity contribution is 0.0600. The summed E-state index contributed by atoms with van der Waals surface area (Å²) in [6, 6.07) is 12.3. The number of esters is 1. The number of nitrogens with zero attached hydrogens (tertiary/aromatic N) is 2. The maximum absolute atomic E-state index is 12.9. The van der Waals surface area contributed by atoms with Gasteiger partial charge in [-0.2, -0.15) is 4.99 Å². The fraction of sp³-hybridized carbons (Fsp3) is 0.348. The zero-order valence-corrected chi connectivity index (χ0v) is 18.7. The van der Waals surface area contributed by atoms with Crippen LogP contribution in [0.25, 0.3) is 10.2 Å². The van der Waals surface area contributed by atoms with Gasteiger partial charge in [0.05, 0.1) is 36.1 Å². The van der Waals surface area contributed by atoms with Gasteiger partial charge in [-0.1, -0.05) is 30.7 Å². The molecule has 0 radical (unpaired) electrons. The van der Waals surface area contributed by atoms with Crippen molar-refractivity contribution in [2.75, 3.05) is 27.4 Å². The second kappa shape index (κ2) is 10.9. The molecule has 1 heterocycles. The summed E-state index contributed by atoms with van der Waals surface area (Å²) in [7, 11) is 2.97. The van der Waals surface area contributed by atoms with Crippen LogP contribution >= 0.6 is 11.3 Å². The van der Waals surface area contributed by atoms with Crippen LogP contribution in [-0.4, -0.2) is 43.9 Å². The van der Waals surface area contributed by atoms with Gasteiger partial charge in [-0.15, -0.1) is 0 Å². The molecule has 0 N–H and O–H groups in total. The summed E-state index contributed by atoms with van der Waals surface area (Å²) < 4.78 is 18.5. The smallest absolute Gasteiger partial charge is 0.337 e. The first kappa shape index (κ1) is 22.7. The summed E-state index contributed by atoms with van der Waals surface area (Å²) in [6.07, 6.45) is 2.00. The molecule has 1 amide bonds. The third-order valence-corrected chi connectivity index (χ3v) is 5.71. The monoisotopic (exact) mass is 442 g/mol. The average molecular weight is 443 g/mol. The van der Waals surface area contributed by atoms with Crippen LogP contribution in [0.3, 0.4) is 0 Å².